The highest BCUT2D eigenvalue weighted by Crippen LogP contribution is 2.25. The van der Waals surface area contributed by atoms with Gasteiger partial charge in [0.1, 0.15) is 5.02 Å². The number of rotatable bonds is 3. The van der Waals surface area contributed by atoms with Gasteiger partial charge in [-0.2, -0.15) is 4.98 Å². The van der Waals surface area contributed by atoms with Crippen LogP contribution in [0.15, 0.2) is 24.4 Å². The normalized spacial score (nSPS) is 10.1. The van der Waals surface area contributed by atoms with Crippen molar-refractivity contribution in [3.8, 4) is 0 Å². The number of hydrogen-bond acceptors (Lipinski definition) is 5. The van der Waals surface area contributed by atoms with E-state index in [1.165, 1.54) is 12.4 Å². The standard InChI is InChI=1S/C11H9Cl2N5/c12-8-5-16-11(13)18-10(8)17-7-1-2-9(15)6(3-7)4-14/h1-5,14H,15H2,(H,16,17,18). The van der Waals surface area contributed by atoms with Gasteiger partial charge in [-0.05, 0) is 29.8 Å². The number of anilines is 3. The quantitative estimate of drug-likeness (QED) is 0.458. The molecule has 0 fully saturated rings. The molecule has 2 rings (SSSR count). The van der Waals surface area contributed by atoms with Crippen molar-refractivity contribution in [3.63, 3.8) is 0 Å². The van der Waals surface area contributed by atoms with Gasteiger partial charge in [0, 0.05) is 23.2 Å². The van der Waals surface area contributed by atoms with E-state index in [2.05, 4.69) is 15.3 Å². The van der Waals surface area contributed by atoms with Crippen molar-refractivity contribution in [3.05, 3.63) is 40.3 Å². The molecule has 0 saturated heterocycles. The van der Waals surface area contributed by atoms with E-state index in [1.54, 1.807) is 18.2 Å². The van der Waals surface area contributed by atoms with Crippen molar-refractivity contribution in [1.82, 2.24) is 9.97 Å². The SMILES string of the molecule is N=Cc1cc(Nc2nc(Cl)ncc2Cl)ccc1N. The molecule has 0 bridgehead atoms. The van der Waals surface area contributed by atoms with E-state index in [0.717, 1.165) is 0 Å². The number of aromatic nitrogens is 2. The molecule has 0 aliphatic rings. The molecule has 4 N–H and O–H groups in total. The Bertz CT molecular complexity index is 600. The van der Waals surface area contributed by atoms with Crippen LogP contribution in [0.3, 0.4) is 0 Å². The molecule has 2 aromatic rings. The van der Waals surface area contributed by atoms with E-state index in [9.17, 15) is 0 Å². The van der Waals surface area contributed by atoms with Gasteiger partial charge in [-0.15, -0.1) is 0 Å². The van der Waals surface area contributed by atoms with E-state index in [-0.39, 0.29) is 5.28 Å². The smallest absolute Gasteiger partial charge is 0.224 e. The summed E-state index contributed by atoms with van der Waals surface area (Å²) in [5.74, 6) is 0.400. The summed E-state index contributed by atoms with van der Waals surface area (Å²) in [6.07, 6.45) is 2.59. The molecule has 0 spiro atoms. The lowest BCUT2D eigenvalue weighted by molar-refractivity contribution is 1.17. The van der Waals surface area contributed by atoms with E-state index < -0.39 is 0 Å². The fourth-order valence-electron chi connectivity index (χ4n) is 1.35. The average Bonchev–Trinajstić information content (AvgIpc) is 2.36. The summed E-state index contributed by atoms with van der Waals surface area (Å²) in [6.45, 7) is 0. The zero-order chi connectivity index (χ0) is 13.1. The maximum absolute atomic E-state index is 7.23. The Hall–Kier alpha value is -1.85. The number of hydrogen-bond donors (Lipinski definition) is 3. The minimum Gasteiger partial charge on any atom is -0.398 e. The van der Waals surface area contributed by atoms with Crippen molar-refractivity contribution < 1.29 is 0 Å². The van der Waals surface area contributed by atoms with Crippen LogP contribution in [-0.4, -0.2) is 16.2 Å². The summed E-state index contributed by atoms with van der Waals surface area (Å²) in [6, 6.07) is 5.17. The number of benzene rings is 1. The lowest BCUT2D eigenvalue weighted by Gasteiger charge is -2.09. The van der Waals surface area contributed by atoms with Gasteiger partial charge in [-0.1, -0.05) is 11.6 Å². The molecule has 0 radical (unpaired) electrons. The molecule has 0 aliphatic carbocycles. The maximum Gasteiger partial charge on any atom is 0.224 e. The monoisotopic (exact) mass is 281 g/mol. The molecular formula is C11H9Cl2N5. The summed E-state index contributed by atoms with van der Waals surface area (Å²) >= 11 is 11.6. The molecule has 1 heterocycles. The lowest BCUT2D eigenvalue weighted by atomic mass is 10.2. The van der Waals surface area contributed by atoms with Crippen LogP contribution in [0.4, 0.5) is 17.2 Å². The Kier molecular flexibility index (Phi) is 3.64. The molecule has 0 atom stereocenters. The Labute approximate surface area is 113 Å². The van der Waals surface area contributed by atoms with Crippen LogP contribution in [0, 0.1) is 5.41 Å². The topological polar surface area (TPSA) is 87.7 Å². The molecule has 18 heavy (non-hydrogen) atoms. The number of nitrogens with two attached hydrogens (primary N) is 1. The number of nitrogens with zero attached hydrogens (tertiary/aromatic N) is 2. The van der Waals surface area contributed by atoms with Gasteiger partial charge in [0.2, 0.25) is 5.28 Å². The predicted molar refractivity (Wildman–Crippen MR) is 74.1 cm³/mol. The van der Waals surface area contributed by atoms with E-state index in [0.29, 0.717) is 27.8 Å². The van der Waals surface area contributed by atoms with Gasteiger partial charge in [0.15, 0.2) is 5.82 Å². The van der Waals surface area contributed by atoms with E-state index in [1.807, 2.05) is 0 Å². The van der Waals surface area contributed by atoms with Crippen molar-refractivity contribution in [2.75, 3.05) is 11.1 Å². The van der Waals surface area contributed by atoms with Gasteiger partial charge < -0.3 is 16.5 Å². The summed E-state index contributed by atoms with van der Waals surface area (Å²) in [4.78, 5) is 7.72. The van der Waals surface area contributed by atoms with Gasteiger partial charge in [0.05, 0.1) is 6.20 Å². The largest absolute Gasteiger partial charge is 0.398 e. The Balaban J connectivity index is 2.34. The third kappa shape index (κ3) is 2.69. The summed E-state index contributed by atoms with van der Waals surface area (Å²) in [5.41, 5.74) is 7.54. The van der Waals surface area contributed by atoms with Crippen molar-refractivity contribution in [2.24, 2.45) is 0 Å². The fourth-order valence-corrected chi connectivity index (χ4v) is 1.62. The zero-order valence-corrected chi connectivity index (χ0v) is 10.6. The second-order valence-electron chi connectivity index (χ2n) is 3.45. The first-order valence-corrected chi connectivity index (χ1v) is 5.71. The van der Waals surface area contributed by atoms with Crippen molar-refractivity contribution >= 4 is 46.6 Å². The fraction of sp³-hybridized carbons (Fsp3) is 0. The predicted octanol–water partition coefficient (Wildman–Crippen LogP) is 3.11. The van der Waals surface area contributed by atoms with Gasteiger partial charge in [-0.25, -0.2) is 4.98 Å². The lowest BCUT2D eigenvalue weighted by Crippen LogP contribution is -1.99. The average molecular weight is 282 g/mol. The van der Waals surface area contributed by atoms with Crippen LogP contribution in [0.5, 0.6) is 0 Å². The molecule has 7 heteroatoms. The molecule has 0 unspecified atom stereocenters. The molecular weight excluding hydrogens is 273 g/mol. The second kappa shape index (κ2) is 5.20. The van der Waals surface area contributed by atoms with Crippen LogP contribution in [-0.2, 0) is 0 Å². The van der Waals surface area contributed by atoms with Crippen LogP contribution in [0.1, 0.15) is 5.56 Å². The highest BCUT2D eigenvalue weighted by molar-refractivity contribution is 6.33. The van der Waals surface area contributed by atoms with Crippen molar-refractivity contribution in [1.29, 1.82) is 5.41 Å². The number of nitrogens with one attached hydrogen (secondary N) is 2. The molecule has 0 saturated carbocycles. The summed E-state index contributed by atoms with van der Waals surface area (Å²) in [5, 5.41) is 10.7. The highest BCUT2D eigenvalue weighted by atomic mass is 35.5. The van der Waals surface area contributed by atoms with Gasteiger partial charge >= 0.3 is 0 Å². The van der Waals surface area contributed by atoms with Gasteiger partial charge in [0.25, 0.3) is 0 Å². The minimum absolute atomic E-state index is 0.102. The minimum atomic E-state index is 0.102. The molecule has 1 aromatic heterocycles. The first kappa shape index (κ1) is 12.6. The van der Waals surface area contributed by atoms with Crippen LogP contribution in [0.2, 0.25) is 10.3 Å². The third-order valence-electron chi connectivity index (χ3n) is 2.22. The van der Waals surface area contributed by atoms with Crippen molar-refractivity contribution in [2.45, 2.75) is 0 Å². The first-order valence-electron chi connectivity index (χ1n) is 4.95. The summed E-state index contributed by atoms with van der Waals surface area (Å²) in [7, 11) is 0. The molecule has 1 aromatic carbocycles. The van der Waals surface area contributed by atoms with Crippen LogP contribution < -0.4 is 11.1 Å². The third-order valence-corrected chi connectivity index (χ3v) is 2.68. The number of halogens is 2. The van der Waals surface area contributed by atoms with Gasteiger partial charge in [-0.3, -0.25) is 0 Å². The Morgan fingerprint density at radius 2 is 2.11 bits per heavy atom. The Morgan fingerprint density at radius 1 is 1.33 bits per heavy atom. The molecule has 0 aliphatic heterocycles. The molecule has 92 valence electrons. The van der Waals surface area contributed by atoms with Crippen LogP contribution >= 0.6 is 23.2 Å². The number of nitrogen functional groups attached to an aromatic ring is 1. The Morgan fingerprint density at radius 3 is 2.83 bits per heavy atom. The first-order chi connectivity index (χ1) is 8.60. The zero-order valence-electron chi connectivity index (χ0n) is 9.11. The highest BCUT2D eigenvalue weighted by Gasteiger charge is 2.05. The second-order valence-corrected chi connectivity index (χ2v) is 4.19. The van der Waals surface area contributed by atoms with Crippen LogP contribution in [0.25, 0.3) is 0 Å². The van der Waals surface area contributed by atoms with E-state index >= 15 is 0 Å². The van der Waals surface area contributed by atoms with E-state index in [4.69, 9.17) is 34.3 Å². The molecule has 0 amide bonds. The summed E-state index contributed by atoms with van der Waals surface area (Å²) < 4.78 is 0. The maximum atomic E-state index is 7.23. The molecule has 5 nitrogen and oxygen atoms in total.